The smallest absolute Gasteiger partial charge is 0.246 e. The molecule has 154 valence electrons. The third kappa shape index (κ3) is 6.97. The molecule has 0 aliphatic heterocycles. The SMILES string of the molecule is CCNC(=NCC(=O)Nc1ccc(F)c(F)c1F)NCC(C)c1ccsc1.I. The van der Waals surface area contributed by atoms with Gasteiger partial charge in [0.15, 0.2) is 23.4 Å². The van der Waals surface area contributed by atoms with Crippen molar-refractivity contribution < 1.29 is 18.0 Å². The Morgan fingerprint density at radius 2 is 1.93 bits per heavy atom. The molecule has 1 aromatic heterocycles. The number of thiophene rings is 1. The van der Waals surface area contributed by atoms with Gasteiger partial charge in [-0.15, -0.1) is 24.0 Å². The lowest BCUT2D eigenvalue weighted by Gasteiger charge is -2.15. The van der Waals surface area contributed by atoms with Crippen molar-refractivity contribution in [1.29, 1.82) is 0 Å². The van der Waals surface area contributed by atoms with Gasteiger partial charge in [0.05, 0.1) is 5.69 Å². The quantitative estimate of drug-likeness (QED) is 0.221. The number of carbonyl (C=O) groups is 1. The number of amides is 1. The summed E-state index contributed by atoms with van der Waals surface area (Å²) in [6, 6.07) is 3.75. The first-order valence-corrected chi connectivity index (χ1v) is 9.34. The molecular weight excluding hydrogens is 504 g/mol. The van der Waals surface area contributed by atoms with E-state index in [2.05, 4.69) is 33.2 Å². The van der Waals surface area contributed by atoms with Crippen LogP contribution in [-0.2, 0) is 4.79 Å². The van der Waals surface area contributed by atoms with Gasteiger partial charge in [0.25, 0.3) is 0 Å². The lowest BCUT2D eigenvalue weighted by atomic mass is 10.1. The van der Waals surface area contributed by atoms with Gasteiger partial charge in [-0.05, 0) is 47.4 Å². The molecule has 0 aliphatic carbocycles. The molecule has 1 atom stereocenters. The third-order valence-electron chi connectivity index (χ3n) is 3.72. The minimum Gasteiger partial charge on any atom is -0.357 e. The van der Waals surface area contributed by atoms with Crippen LogP contribution in [0.3, 0.4) is 0 Å². The number of halogens is 4. The van der Waals surface area contributed by atoms with Crippen LogP contribution in [0.1, 0.15) is 25.3 Å². The first-order valence-electron chi connectivity index (χ1n) is 8.40. The number of aliphatic imine (C=N–C) groups is 1. The summed E-state index contributed by atoms with van der Waals surface area (Å²) < 4.78 is 39.7. The van der Waals surface area contributed by atoms with Gasteiger partial charge in [-0.1, -0.05) is 6.92 Å². The van der Waals surface area contributed by atoms with Crippen LogP contribution in [0.4, 0.5) is 18.9 Å². The molecule has 3 N–H and O–H groups in total. The van der Waals surface area contributed by atoms with Crippen molar-refractivity contribution >= 4 is 52.9 Å². The molecule has 1 unspecified atom stereocenters. The number of hydrogen-bond donors (Lipinski definition) is 3. The average molecular weight is 526 g/mol. The van der Waals surface area contributed by atoms with Crippen LogP contribution in [0, 0.1) is 17.5 Å². The fourth-order valence-corrected chi connectivity index (χ4v) is 3.01. The molecule has 0 radical (unpaired) electrons. The average Bonchev–Trinajstić information content (AvgIpc) is 3.19. The first kappa shape index (κ1) is 24.2. The lowest BCUT2D eigenvalue weighted by molar-refractivity contribution is -0.114. The van der Waals surface area contributed by atoms with Crippen LogP contribution in [0.15, 0.2) is 34.0 Å². The van der Waals surface area contributed by atoms with E-state index in [4.69, 9.17) is 0 Å². The molecule has 0 saturated heterocycles. The Labute approximate surface area is 182 Å². The number of anilines is 1. The van der Waals surface area contributed by atoms with Crippen molar-refractivity contribution in [2.24, 2.45) is 4.99 Å². The summed E-state index contributed by atoms with van der Waals surface area (Å²) in [6.07, 6.45) is 0. The van der Waals surface area contributed by atoms with Crippen LogP contribution < -0.4 is 16.0 Å². The second-order valence-corrected chi connectivity index (χ2v) is 6.58. The minimum absolute atomic E-state index is 0. The fraction of sp³-hybridized carbons (Fsp3) is 0.333. The highest BCUT2D eigenvalue weighted by atomic mass is 127. The molecule has 0 spiro atoms. The van der Waals surface area contributed by atoms with E-state index in [1.807, 2.05) is 18.4 Å². The first-order chi connectivity index (χ1) is 12.9. The number of guanidine groups is 1. The van der Waals surface area contributed by atoms with E-state index in [0.29, 0.717) is 19.0 Å². The van der Waals surface area contributed by atoms with Crippen LogP contribution >= 0.6 is 35.3 Å². The van der Waals surface area contributed by atoms with Gasteiger partial charge < -0.3 is 16.0 Å². The predicted octanol–water partition coefficient (Wildman–Crippen LogP) is 4.08. The van der Waals surface area contributed by atoms with E-state index >= 15 is 0 Å². The number of rotatable bonds is 7. The van der Waals surface area contributed by atoms with Crippen LogP contribution in [0.25, 0.3) is 0 Å². The van der Waals surface area contributed by atoms with Gasteiger partial charge >= 0.3 is 0 Å². The Balaban J connectivity index is 0.00000392. The molecule has 2 aromatic rings. The maximum Gasteiger partial charge on any atom is 0.246 e. The van der Waals surface area contributed by atoms with Gasteiger partial charge in [-0.2, -0.15) is 11.3 Å². The molecule has 1 heterocycles. The molecule has 5 nitrogen and oxygen atoms in total. The van der Waals surface area contributed by atoms with E-state index < -0.39 is 29.0 Å². The Morgan fingerprint density at radius 1 is 1.18 bits per heavy atom. The summed E-state index contributed by atoms with van der Waals surface area (Å²) in [5, 5.41) is 12.4. The van der Waals surface area contributed by atoms with Crippen molar-refractivity contribution in [3.05, 3.63) is 52.0 Å². The molecule has 2 rings (SSSR count). The largest absolute Gasteiger partial charge is 0.357 e. The minimum atomic E-state index is -1.63. The van der Waals surface area contributed by atoms with Crippen molar-refractivity contribution in [2.75, 3.05) is 25.0 Å². The molecule has 1 aromatic carbocycles. The third-order valence-corrected chi connectivity index (χ3v) is 4.42. The summed E-state index contributed by atoms with van der Waals surface area (Å²) >= 11 is 1.62. The van der Waals surface area contributed by atoms with E-state index in [0.717, 1.165) is 12.1 Å². The highest BCUT2D eigenvalue weighted by Gasteiger charge is 2.15. The molecular formula is C18H22F3IN4OS. The Hall–Kier alpha value is -1.82. The number of carbonyl (C=O) groups excluding carboxylic acids is 1. The standard InChI is InChI=1S/C18H21F3N4OS.HI/c1-3-22-18(23-8-11(2)12-6-7-27-10-12)24-9-15(26)25-14-5-4-13(19)16(20)17(14)21;/h4-7,10-11H,3,8-9H2,1-2H3,(H,25,26)(H2,22,23,24);1H. The van der Waals surface area contributed by atoms with E-state index in [9.17, 15) is 18.0 Å². The van der Waals surface area contributed by atoms with Crippen LogP contribution in [0.5, 0.6) is 0 Å². The normalized spacial score (nSPS) is 12.1. The highest BCUT2D eigenvalue weighted by Crippen LogP contribution is 2.19. The van der Waals surface area contributed by atoms with E-state index in [-0.39, 0.29) is 36.4 Å². The molecule has 0 fully saturated rings. The molecule has 10 heteroatoms. The van der Waals surface area contributed by atoms with Gasteiger partial charge in [-0.3, -0.25) is 4.79 Å². The zero-order valence-electron chi connectivity index (χ0n) is 15.4. The molecule has 1 amide bonds. The maximum atomic E-state index is 13.6. The number of benzene rings is 1. The second kappa shape index (κ2) is 11.9. The fourth-order valence-electron chi connectivity index (χ4n) is 2.23. The van der Waals surface area contributed by atoms with Gasteiger partial charge in [-0.25, -0.2) is 18.2 Å². The Kier molecular flexibility index (Phi) is 10.3. The maximum absolute atomic E-state index is 13.6. The van der Waals surface area contributed by atoms with Gasteiger partial charge in [0.2, 0.25) is 5.91 Å². The highest BCUT2D eigenvalue weighted by molar-refractivity contribution is 14.0. The summed E-state index contributed by atoms with van der Waals surface area (Å²) in [5.74, 6) is -4.36. The van der Waals surface area contributed by atoms with Crippen LogP contribution in [-0.4, -0.2) is 31.5 Å². The molecule has 0 saturated carbocycles. The summed E-state index contributed by atoms with van der Waals surface area (Å²) in [7, 11) is 0. The molecule has 28 heavy (non-hydrogen) atoms. The van der Waals surface area contributed by atoms with Crippen molar-refractivity contribution in [2.45, 2.75) is 19.8 Å². The summed E-state index contributed by atoms with van der Waals surface area (Å²) in [5.41, 5.74) is 0.771. The lowest BCUT2D eigenvalue weighted by Crippen LogP contribution is -2.39. The second-order valence-electron chi connectivity index (χ2n) is 5.80. The van der Waals surface area contributed by atoms with Crippen LogP contribution in [0.2, 0.25) is 0 Å². The number of nitrogens with zero attached hydrogens (tertiary/aromatic N) is 1. The van der Waals surface area contributed by atoms with Gasteiger partial charge in [0, 0.05) is 13.1 Å². The van der Waals surface area contributed by atoms with Gasteiger partial charge in [0.1, 0.15) is 6.54 Å². The Morgan fingerprint density at radius 3 is 2.57 bits per heavy atom. The molecule has 0 bridgehead atoms. The summed E-state index contributed by atoms with van der Waals surface area (Å²) in [6.45, 7) is 4.86. The van der Waals surface area contributed by atoms with Crippen molar-refractivity contribution in [3.63, 3.8) is 0 Å². The number of nitrogens with one attached hydrogen (secondary N) is 3. The van der Waals surface area contributed by atoms with E-state index in [1.165, 1.54) is 5.56 Å². The van der Waals surface area contributed by atoms with E-state index in [1.54, 1.807) is 11.3 Å². The predicted molar refractivity (Wildman–Crippen MR) is 117 cm³/mol. The summed E-state index contributed by atoms with van der Waals surface area (Å²) in [4.78, 5) is 16.1. The topological polar surface area (TPSA) is 65.5 Å². The zero-order chi connectivity index (χ0) is 19.8. The molecule has 0 aliphatic rings. The van der Waals surface area contributed by atoms with Crippen molar-refractivity contribution in [3.8, 4) is 0 Å². The Bertz CT molecular complexity index is 802. The van der Waals surface area contributed by atoms with Crippen molar-refractivity contribution in [1.82, 2.24) is 10.6 Å². The number of hydrogen-bond acceptors (Lipinski definition) is 3. The monoisotopic (exact) mass is 526 g/mol. The zero-order valence-corrected chi connectivity index (χ0v) is 18.5.